The van der Waals surface area contributed by atoms with Crippen molar-refractivity contribution in [3.8, 4) is 5.75 Å². The van der Waals surface area contributed by atoms with Crippen molar-refractivity contribution in [2.45, 2.75) is 6.42 Å². The molecule has 1 nitrogen and oxygen atoms in total. The van der Waals surface area contributed by atoms with Gasteiger partial charge in [-0.1, -0.05) is 33.6 Å². The van der Waals surface area contributed by atoms with Crippen LogP contribution in [0.4, 0.5) is 0 Å². The van der Waals surface area contributed by atoms with Gasteiger partial charge < -0.3 is 4.74 Å². The molecule has 4 heteroatoms. The molecule has 21 heavy (non-hydrogen) atoms. The van der Waals surface area contributed by atoms with Crippen LogP contribution in [0.3, 0.4) is 0 Å². The minimum Gasteiger partial charge on any atom is -0.492 e. The van der Waals surface area contributed by atoms with E-state index in [1.54, 1.807) is 0 Å². The number of hydrogen-bond donors (Lipinski definition) is 0. The zero-order valence-electron chi connectivity index (χ0n) is 11.2. The Hall–Kier alpha value is -0.960. The first-order chi connectivity index (χ1) is 10.2. The highest BCUT2D eigenvalue weighted by Crippen LogP contribution is 2.37. The molecular formula is C17H13BrCl2O. The lowest BCUT2D eigenvalue weighted by Crippen LogP contribution is -1.99. The number of halogens is 3. The SMILES string of the molecule is ClCCCOc1c2ccc(Br)cc2cc2ccc(Cl)cc12. The van der Waals surface area contributed by atoms with E-state index >= 15 is 0 Å². The largest absolute Gasteiger partial charge is 0.492 e. The standard InChI is InChI=1S/C17H13BrCl2O/c18-13-3-5-15-12(9-13)8-11-2-4-14(20)10-16(11)17(15)21-7-1-6-19/h2-5,8-10H,1,6-7H2. The summed E-state index contributed by atoms with van der Waals surface area (Å²) in [4.78, 5) is 0. The molecule has 3 aromatic carbocycles. The lowest BCUT2D eigenvalue weighted by atomic mass is 10.0. The molecule has 0 bridgehead atoms. The maximum atomic E-state index is 6.14. The predicted molar refractivity (Wildman–Crippen MR) is 95.0 cm³/mol. The maximum Gasteiger partial charge on any atom is 0.134 e. The fraction of sp³-hybridized carbons (Fsp3) is 0.176. The Balaban J connectivity index is 2.25. The van der Waals surface area contributed by atoms with Crippen molar-refractivity contribution in [3.63, 3.8) is 0 Å². The van der Waals surface area contributed by atoms with Gasteiger partial charge in [0.2, 0.25) is 0 Å². The second-order valence-electron chi connectivity index (χ2n) is 4.83. The summed E-state index contributed by atoms with van der Waals surface area (Å²) >= 11 is 15.4. The van der Waals surface area contributed by atoms with Gasteiger partial charge in [-0.25, -0.2) is 0 Å². The molecule has 108 valence electrons. The van der Waals surface area contributed by atoms with Crippen LogP contribution in [0, 0.1) is 0 Å². The van der Waals surface area contributed by atoms with Gasteiger partial charge in [-0.3, -0.25) is 0 Å². The molecule has 0 unspecified atom stereocenters. The Kier molecular flexibility index (Phi) is 4.58. The smallest absolute Gasteiger partial charge is 0.134 e. The minimum absolute atomic E-state index is 0.592. The maximum absolute atomic E-state index is 6.14. The molecular weight excluding hydrogens is 371 g/mol. The highest BCUT2D eigenvalue weighted by atomic mass is 79.9. The van der Waals surface area contributed by atoms with Crippen molar-refractivity contribution in [1.29, 1.82) is 0 Å². The Morgan fingerprint density at radius 1 is 0.952 bits per heavy atom. The predicted octanol–water partition coefficient (Wildman–Crippen LogP) is 6.42. The van der Waals surface area contributed by atoms with E-state index in [1.807, 2.05) is 24.3 Å². The van der Waals surface area contributed by atoms with Crippen LogP contribution in [0.25, 0.3) is 21.5 Å². The molecule has 3 rings (SSSR count). The Bertz CT molecular complexity index is 801. The summed E-state index contributed by atoms with van der Waals surface area (Å²) in [6.07, 6.45) is 0.816. The highest BCUT2D eigenvalue weighted by Gasteiger charge is 2.10. The van der Waals surface area contributed by atoms with Crippen LogP contribution in [-0.2, 0) is 0 Å². The van der Waals surface area contributed by atoms with Crippen molar-refractivity contribution in [2.24, 2.45) is 0 Å². The van der Waals surface area contributed by atoms with Crippen LogP contribution < -0.4 is 4.74 Å². The number of hydrogen-bond acceptors (Lipinski definition) is 1. The number of ether oxygens (including phenoxy) is 1. The first-order valence-corrected chi connectivity index (χ1v) is 8.40. The van der Waals surface area contributed by atoms with Crippen LogP contribution >= 0.6 is 39.1 Å². The molecule has 3 aromatic rings. The molecule has 0 N–H and O–H groups in total. The third-order valence-electron chi connectivity index (χ3n) is 3.35. The van der Waals surface area contributed by atoms with Crippen molar-refractivity contribution < 1.29 is 4.74 Å². The Morgan fingerprint density at radius 3 is 2.62 bits per heavy atom. The minimum atomic E-state index is 0.592. The van der Waals surface area contributed by atoms with E-state index in [-0.39, 0.29) is 0 Å². The zero-order valence-corrected chi connectivity index (χ0v) is 14.3. The van der Waals surface area contributed by atoms with E-state index in [1.165, 1.54) is 0 Å². The van der Waals surface area contributed by atoms with Gasteiger partial charge in [0.1, 0.15) is 5.75 Å². The molecule has 0 saturated carbocycles. The molecule has 0 fully saturated rings. The van der Waals surface area contributed by atoms with E-state index < -0.39 is 0 Å². The Labute approximate surface area is 141 Å². The quantitative estimate of drug-likeness (QED) is 0.287. The Morgan fingerprint density at radius 2 is 1.81 bits per heavy atom. The van der Waals surface area contributed by atoms with Crippen molar-refractivity contribution in [1.82, 2.24) is 0 Å². The summed E-state index contributed by atoms with van der Waals surface area (Å²) in [5.74, 6) is 1.47. The lowest BCUT2D eigenvalue weighted by Gasteiger charge is -2.13. The molecule has 0 atom stereocenters. The third kappa shape index (κ3) is 3.13. The summed E-state index contributed by atoms with van der Waals surface area (Å²) in [7, 11) is 0. The van der Waals surface area contributed by atoms with E-state index in [9.17, 15) is 0 Å². The molecule has 0 amide bonds. The molecule has 0 heterocycles. The zero-order chi connectivity index (χ0) is 14.8. The average molecular weight is 384 g/mol. The van der Waals surface area contributed by atoms with Crippen molar-refractivity contribution in [2.75, 3.05) is 12.5 Å². The number of fused-ring (bicyclic) bond motifs is 2. The summed E-state index contributed by atoms with van der Waals surface area (Å²) in [6, 6.07) is 14.2. The molecule has 0 saturated heterocycles. The lowest BCUT2D eigenvalue weighted by molar-refractivity contribution is 0.325. The molecule has 0 aliphatic carbocycles. The monoisotopic (exact) mass is 382 g/mol. The summed E-state index contributed by atoms with van der Waals surface area (Å²) in [5, 5.41) is 5.08. The van der Waals surface area contributed by atoms with Gasteiger partial charge in [-0.15, -0.1) is 11.6 Å². The van der Waals surface area contributed by atoms with Crippen LogP contribution in [0.5, 0.6) is 5.75 Å². The number of benzene rings is 3. The highest BCUT2D eigenvalue weighted by molar-refractivity contribution is 9.10. The fourth-order valence-corrected chi connectivity index (χ4v) is 3.07. The molecule has 0 aromatic heterocycles. The van der Waals surface area contributed by atoms with Crippen LogP contribution in [-0.4, -0.2) is 12.5 Å². The van der Waals surface area contributed by atoms with Gasteiger partial charge in [0.05, 0.1) is 6.61 Å². The first kappa shape index (κ1) is 15.0. The van der Waals surface area contributed by atoms with Crippen LogP contribution in [0.1, 0.15) is 6.42 Å². The van der Waals surface area contributed by atoms with E-state index in [0.717, 1.165) is 38.2 Å². The third-order valence-corrected chi connectivity index (χ3v) is 4.35. The molecule has 0 spiro atoms. The van der Waals surface area contributed by atoms with Gasteiger partial charge in [0.25, 0.3) is 0 Å². The summed E-state index contributed by atoms with van der Waals surface area (Å²) in [5.41, 5.74) is 0. The summed E-state index contributed by atoms with van der Waals surface area (Å²) < 4.78 is 7.06. The van der Waals surface area contributed by atoms with E-state index in [4.69, 9.17) is 27.9 Å². The van der Waals surface area contributed by atoms with Crippen LogP contribution in [0.15, 0.2) is 46.9 Å². The normalized spacial score (nSPS) is 11.2. The van der Waals surface area contributed by atoms with Gasteiger partial charge >= 0.3 is 0 Å². The van der Waals surface area contributed by atoms with Gasteiger partial charge in [-0.2, -0.15) is 0 Å². The van der Waals surface area contributed by atoms with Gasteiger partial charge in [0, 0.05) is 26.1 Å². The fourth-order valence-electron chi connectivity index (χ4n) is 2.41. The van der Waals surface area contributed by atoms with Crippen molar-refractivity contribution in [3.05, 3.63) is 52.0 Å². The molecule has 0 aliphatic rings. The van der Waals surface area contributed by atoms with E-state index in [0.29, 0.717) is 17.5 Å². The summed E-state index contributed by atoms with van der Waals surface area (Å²) in [6.45, 7) is 0.598. The van der Waals surface area contributed by atoms with Crippen molar-refractivity contribution >= 4 is 60.7 Å². The molecule has 0 aliphatic heterocycles. The first-order valence-electron chi connectivity index (χ1n) is 6.69. The second-order valence-corrected chi connectivity index (χ2v) is 6.56. The number of alkyl halides is 1. The average Bonchev–Trinajstić information content (AvgIpc) is 2.47. The van der Waals surface area contributed by atoms with E-state index in [2.05, 4.69) is 34.1 Å². The second kappa shape index (κ2) is 6.43. The number of rotatable bonds is 4. The topological polar surface area (TPSA) is 9.23 Å². The van der Waals surface area contributed by atoms with Gasteiger partial charge in [0.15, 0.2) is 0 Å². The van der Waals surface area contributed by atoms with Gasteiger partial charge in [-0.05, 0) is 53.6 Å². The molecule has 0 radical (unpaired) electrons. The van der Waals surface area contributed by atoms with Crippen LogP contribution in [0.2, 0.25) is 5.02 Å².